The maximum Gasteiger partial charge on any atom is 0.240 e. The first-order chi connectivity index (χ1) is 15.3. The normalized spacial score (nSPS) is 19.1. The number of sulfonamides is 1. The minimum atomic E-state index is -3.96. The summed E-state index contributed by atoms with van der Waals surface area (Å²) in [5.41, 5.74) is 0. The number of anilines is 1. The summed E-state index contributed by atoms with van der Waals surface area (Å²) in [6, 6.07) is -0.0173. The first-order valence-electron chi connectivity index (χ1n) is 10.5. The van der Waals surface area contributed by atoms with E-state index in [0.717, 1.165) is 12.8 Å². The molecule has 1 N–H and O–H groups in total. The number of ether oxygens (including phenoxy) is 3. The molecule has 0 radical (unpaired) electrons. The highest BCUT2D eigenvalue weighted by Gasteiger charge is 2.35. The maximum atomic E-state index is 13.3. The Labute approximate surface area is 192 Å². The molecule has 0 spiro atoms. The van der Waals surface area contributed by atoms with Crippen molar-refractivity contribution in [2.45, 2.75) is 57.1 Å². The van der Waals surface area contributed by atoms with Crippen LogP contribution in [0.4, 0.5) is 5.95 Å². The highest BCUT2D eigenvalue weighted by molar-refractivity contribution is 7.93. The van der Waals surface area contributed by atoms with E-state index in [9.17, 15) is 8.42 Å². The van der Waals surface area contributed by atoms with Crippen LogP contribution >= 0.6 is 11.6 Å². The van der Waals surface area contributed by atoms with E-state index in [1.165, 1.54) is 26.4 Å². The second-order valence-electron chi connectivity index (χ2n) is 7.42. The fourth-order valence-electron chi connectivity index (χ4n) is 3.60. The number of hydrogen-bond acceptors (Lipinski definition) is 9. The van der Waals surface area contributed by atoms with Gasteiger partial charge in [-0.2, -0.15) is 0 Å². The van der Waals surface area contributed by atoms with Gasteiger partial charge in [-0.15, -0.1) is 10.2 Å². The molecule has 32 heavy (non-hydrogen) atoms. The summed E-state index contributed by atoms with van der Waals surface area (Å²) in [5, 5.41) is 7.70. The molecule has 2 aromatic heterocycles. The molecule has 0 aromatic carbocycles. The van der Waals surface area contributed by atoms with Crippen LogP contribution in [-0.4, -0.2) is 65.3 Å². The second-order valence-corrected chi connectivity index (χ2v) is 9.90. The van der Waals surface area contributed by atoms with Crippen molar-refractivity contribution in [3.63, 3.8) is 0 Å². The monoisotopic (exact) mass is 488 g/mol. The summed E-state index contributed by atoms with van der Waals surface area (Å²) in [4.78, 5) is 8.21. The number of halogens is 1. The predicted molar refractivity (Wildman–Crippen MR) is 118 cm³/mol. The number of nitrogens with zero attached hydrogens (tertiary/aromatic N) is 5. The number of hydrogen-bond donors (Lipinski definition) is 1. The molecule has 0 amide bonds. The van der Waals surface area contributed by atoms with Crippen molar-refractivity contribution in [1.29, 1.82) is 0 Å². The molecule has 3 heterocycles. The zero-order valence-corrected chi connectivity index (χ0v) is 20.1. The first kappa shape index (κ1) is 24.8. The summed E-state index contributed by atoms with van der Waals surface area (Å²) in [7, 11) is -2.55. The molecule has 13 heteroatoms. The first-order valence-corrected chi connectivity index (χ1v) is 12.4. The predicted octanol–water partition coefficient (Wildman–Crippen LogP) is 2.69. The van der Waals surface area contributed by atoms with Crippen molar-refractivity contribution in [1.82, 2.24) is 24.7 Å². The SMILES string of the molecule is CCC(CC)n1c(NS(=O)(=O)C(C)C(OC)c2ncc(Cl)cn2)nnc1[C@H]1COCCO1. The molecule has 1 fully saturated rings. The third kappa shape index (κ3) is 5.37. The molecule has 1 aliphatic rings. The molecule has 2 unspecified atom stereocenters. The average Bonchev–Trinajstić information content (AvgIpc) is 3.19. The van der Waals surface area contributed by atoms with Crippen LogP contribution in [0.2, 0.25) is 5.02 Å². The number of aromatic nitrogens is 5. The number of rotatable bonds is 10. The van der Waals surface area contributed by atoms with Gasteiger partial charge < -0.3 is 14.2 Å². The molecular formula is C19H29ClN6O5S. The molecule has 1 saturated heterocycles. The topological polar surface area (TPSA) is 130 Å². The third-order valence-corrected chi connectivity index (χ3v) is 7.32. The van der Waals surface area contributed by atoms with Gasteiger partial charge in [-0.1, -0.05) is 25.4 Å². The van der Waals surface area contributed by atoms with Crippen LogP contribution in [0.5, 0.6) is 0 Å². The molecule has 3 atom stereocenters. The molecule has 0 bridgehead atoms. The molecule has 1 aliphatic heterocycles. The second kappa shape index (κ2) is 10.8. The molecule has 0 saturated carbocycles. The van der Waals surface area contributed by atoms with Crippen molar-refractivity contribution < 1.29 is 22.6 Å². The highest BCUT2D eigenvalue weighted by atomic mass is 35.5. The lowest BCUT2D eigenvalue weighted by Crippen LogP contribution is -2.34. The zero-order chi connectivity index (χ0) is 23.3. The molecular weight excluding hydrogens is 460 g/mol. The fraction of sp³-hybridized carbons (Fsp3) is 0.684. The van der Waals surface area contributed by atoms with Crippen molar-refractivity contribution in [2.24, 2.45) is 0 Å². The summed E-state index contributed by atoms with van der Waals surface area (Å²) in [6.45, 7) is 6.85. The van der Waals surface area contributed by atoms with Crippen LogP contribution in [0.15, 0.2) is 12.4 Å². The van der Waals surface area contributed by atoms with Crippen LogP contribution < -0.4 is 4.72 Å². The summed E-state index contributed by atoms with van der Waals surface area (Å²) < 4.78 is 47.6. The van der Waals surface area contributed by atoms with E-state index in [-0.39, 0.29) is 17.8 Å². The van der Waals surface area contributed by atoms with Gasteiger partial charge in [0.15, 0.2) is 11.6 Å². The Kier molecular flexibility index (Phi) is 8.39. The van der Waals surface area contributed by atoms with Crippen LogP contribution in [0.25, 0.3) is 0 Å². The molecule has 0 aliphatic carbocycles. The summed E-state index contributed by atoms with van der Waals surface area (Å²) in [5.74, 6) is 0.874. The van der Waals surface area contributed by atoms with Crippen LogP contribution in [0, 0.1) is 0 Å². The summed E-state index contributed by atoms with van der Waals surface area (Å²) in [6.07, 6.45) is 2.98. The van der Waals surface area contributed by atoms with Crippen molar-refractivity contribution in [2.75, 3.05) is 31.7 Å². The summed E-state index contributed by atoms with van der Waals surface area (Å²) >= 11 is 5.84. The van der Waals surface area contributed by atoms with Gasteiger partial charge in [0.25, 0.3) is 0 Å². The van der Waals surface area contributed by atoms with E-state index in [0.29, 0.717) is 30.7 Å². The maximum absolute atomic E-state index is 13.3. The van der Waals surface area contributed by atoms with Crippen LogP contribution in [0.1, 0.15) is 63.5 Å². The molecule has 11 nitrogen and oxygen atoms in total. The van der Waals surface area contributed by atoms with E-state index >= 15 is 0 Å². The fourth-order valence-corrected chi connectivity index (χ4v) is 4.84. The van der Waals surface area contributed by atoms with Crippen molar-refractivity contribution >= 4 is 27.6 Å². The Balaban J connectivity index is 1.91. The van der Waals surface area contributed by atoms with Crippen LogP contribution in [0.3, 0.4) is 0 Å². The van der Waals surface area contributed by atoms with Crippen molar-refractivity contribution in [3.8, 4) is 0 Å². The smallest absolute Gasteiger partial charge is 0.240 e. The zero-order valence-electron chi connectivity index (χ0n) is 18.6. The third-order valence-electron chi connectivity index (χ3n) is 5.43. The highest BCUT2D eigenvalue weighted by Crippen LogP contribution is 2.30. The van der Waals surface area contributed by atoms with Crippen molar-refractivity contribution in [3.05, 3.63) is 29.1 Å². The van der Waals surface area contributed by atoms with Gasteiger partial charge in [0.1, 0.15) is 17.5 Å². The molecule has 3 rings (SSSR count). The van der Waals surface area contributed by atoms with E-state index in [2.05, 4.69) is 24.9 Å². The Morgan fingerprint density at radius 3 is 2.50 bits per heavy atom. The Morgan fingerprint density at radius 1 is 1.25 bits per heavy atom. The van der Waals surface area contributed by atoms with E-state index in [1.807, 2.05) is 13.8 Å². The lowest BCUT2D eigenvalue weighted by molar-refractivity contribution is -0.0951. The average molecular weight is 489 g/mol. The number of methoxy groups -OCH3 is 1. The van der Waals surface area contributed by atoms with Crippen LogP contribution in [-0.2, 0) is 24.2 Å². The van der Waals surface area contributed by atoms with E-state index in [1.54, 1.807) is 4.57 Å². The van der Waals surface area contributed by atoms with Gasteiger partial charge in [-0.05, 0) is 19.8 Å². The Bertz CT molecular complexity index is 977. The standard InChI is InChI=1S/C19H29ClN6O5S/c1-5-14(6-2)26-18(15-11-30-7-8-31-15)23-24-19(26)25-32(27,28)12(3)16(29-4)17-21-9-13(20)10-22-17/h9-10,12,14-16H,5-8,11H2,1-4H3,(H,24,25)/t12?,15-,16?/m1/s1. The molecule has 2 aromatic rings. The van der Waals surface area contributed by atoms with Gasteiger partial charge in [0, 0.05) is 25.5 Å². The minimum Gasteiger partial charge on any atom is -0.376 e. The lowest BCUT2D eigenvalue weighted by Gasteiger charge is -2.27. The molecule has 178 valence electrons. The van der Waals surface area contributed by atoms with E-state index < -0.39 is 27.5 Å². The number of nitrogens with one attached hydrogen (secondary N) is 1. The van der Waals surface area contributed by atoms with Gasteiger partial charge >= 0.3 is 0 Å². The Morgan fingerprint density at radius 2 is 1.94 bits per heavy atom. The minimum absolute atomic E-state index is 0.0173. The van der Waals surface area contributed by atoms with Gasteiger partial charge in [-0.25, -0.2) is 18.4 Å². The quantitative estimate of drug-likeness (QED) is 0.536. The largest absolute Gasteiger partial charge is 0.376 e. The van der Waals surface area contributed by atoms with Gasteiger partial charge in [-0.3, -0.25) is 9.29 Å². The van der Waals surface area contributed by atoms with Gasteiger partial charge in [0.2, 0.25) is 16.0 Å². The van der Waals surface area contributed by atoms with E-state index in [4.69, 9.17) is 25.8 Å². The van der Waals surface area contributed by atoms with Gasteiger partial charge in [0.05, 0.1) is 24.8 Å². The Hall–Kier alpha value is -1.86. The lowest BCUT2D eigenvalue weighted by atomic mass is 10.1.